The minimum atomic E-state index is 0.671. The monoisotopic (exact) mass is 276 g/mol. The smallest absolute Gasteiger partial charge is 0.0405 e. The zero-order chi connectivity index (χ0) is 12.4. The summed E-state index contributed by atoms with van der Waals surface area (Å²) in [7, 11) is 0. The quantitative estimate of drug-likeness (QED) is 0.843. The Morgan fingerprint density at radius 3 is 3.00 bits per heavy atom. The molecule has 3 rings (SSSR count). The van der Waals surface area contributed by atoms with E-state index >= 15 is 0 Å². The molecule has 2 aromatic rings. The molecule has 2 heterocycles. The molecular weight excluding hydrogens is 260 g/mol. The third-order valence-corrected chi connectivity index (χ3v) is 5.19. The van der Waals surface area contributed by atoms with Crippen molar-refractivity contribution in [2.24, 2.45) is 0 Å². The fraction of sp³-hybridized carbons (Fsp3) is 0.286. The first-order valence-corrected chi connectivity index (χ1v) is 7.95. The molecule has 1 fully saturated rings. The molecule has 1 aliphatic rings. The Morgan fingerprint density at radius 1 is 1.33 bits per heavy atom. The van der Waals surface area contributed by atoms with E-state index in [1.54, 1.807) is 11.3 Å². The molecule has 1 aromatic carbocycles. The first-order chi connectivity index (χ1) is 8.84. The first kappa shape index (κ1) is 12.1. The van der Waals surface area contributed by atoms with Crippen LogP contribution in [-0.2, 0) is 0 Å². The Labute approximate surface area is 116 Å². The second-order valence-corrected chi connectivity index (χ2v) is 6.59. The van der Waals surface area contributed by atoms with Gasteiger partial charge in [0.15, 0.2) is 0 Å². The van der Waals surface area contributed by atoms with Crippen molar-refractivity contribution in [3.8, 4) is 11.1 Å². The molecule has 0 aliphatic carbocycles. The van der Waals surface area contributed by atoms with E-state index in [-0.39, 0.29) is 0 Å². The van der Waals surface area contributed by atoms with Crippen molar-refractivity contribution in [3.63, 3.8) is 0 Å². The zero-order valence-electron chi connectivity index (χ0n) is 10.1. The van der Waals surface area contributed by atoms with E-state index in [1.165, 1.54) is 22.4 Å². The number of thiophene rings is 1. The van der Waals surface area contributed by atoms with Gasteiger partial charge in [-0.15, -0.1) is 11.8 Å². The molecule has 1 aliphatic heterocycles. The standard InChI is InChI=1S/C14H16N2S2/c15-12-2-1-3-13(18-11-4-6-16-8-11)14(12)10-5-7-17-9-10/h1-3,5,7,9,11,16H,4,6,8,15H2/t11-/m0/s1. The molecule has 18 heavy (non-hydrogen) atoms. The number of nitrogen functional groups attached to an aromatic ring is 1. The minimum Gasteiger partial charge on any atom is -0.398 e. The maximum absolute atomic E-state index is 6.16. The average molecular weight is 276 g/mol. The first-order valence-electron chi connectivity index (χ1n) is 6.13. The summed E-state index contributed by atoms with van der Waals surface area (Å²) in [5, 5.41) is 8.36. The topological polar surface area (TPSA) is 38.0 Å². The van der Waals surface area contributed by atoms with Gasteiger partial charge >= 0.3 is 0 Å². The Morgan fingerprint density at radius 2 is 2.28 bits per heavy atom. The highest BCUT2D eigenvalue weighted by Crippen LogP contribution is 2.39. The Bertz CT molecular complexity index is 517. The Hall–Kier alpha value is -0.970. The molecule has 0 amide bonds. The molecule has 0 saturated carbocycles. The van der Waals surface area contributed by atoms with E-state index < -0.39 is 0 Å². The molecule has 0 spiro atoms. The summed E-state index contributed by atoms with van der Waals surface area (Å²) < 4.78 is 0. The molecule has 94 valence electrons. The number of hydrogen-bond acceptors (Lipinski definition) is 4. The molecule has 1 atom stereocenters. The van der Waals surface area contributed by atoms with Gasteiger partial charge in [-0.3, -0.25) is 0 Å². The summed E-state index contributed by atoms with van der Waals surface area (Å²) in [5.74, 6) is 0. The van der Waals surface area contributed by atoms with Crippen LogP contribution in [0.25, 0.3) is 11.1 Å². The molecular formula is C14H16N2S2. The highest BCUT2D eigenvalue weighted by atomic mass is 32.2. The van der Waals surface area contributed by atoms with Gasteiger partial charge < -0.3 is 11.1 Å². The van der Waals surface area contributed by atoms with Crippen molar-refractivity contribution in [1.82, 2.24) is 5.32 Å². The number of hydrogen-bond donors (Lipinski definition) is 2. The molecule has 0 unspecified atom stereocenters. The van der Waals surface area contributed by atoms with Crippen molar-refractivity contribution in [2.75, 3.05) is 18.8 Å². The van der Waals surface area contributed by atoms with Crippen LogP contribution in [0.15, 0.2) is 39.9 Å². The SMILES string of the molecule is Nc1cccc(S[C@H]2CCNC2)c1-c1ccsc1. The summed E-state index contributed by atoms with van der Waals surface area (Å²) in [5.41, 5.74) is 9.49. The molecule has 2 nitrogen and oxygen atoms in total. The molecule has 0 bridgehead atoms. The maximum Gasteiger partial charge on any atom is 0.0405 e. The lowest BCUT2D eigenvalue weighted by Crippen LogP contribution is -2.10. The minimum absolute atomic E-state index is 0.671. The van der Waals surface area contributed by atoms with Gasteiger partial charge in [-0.2, -0.15) is 11.3 Å². The molecule has 0 radical (unpaired) electrons. The van der Waals surface area contributed by atoms with E-state index in [0.29, 0.717) is 5.25 Å². The van der Waals surface area contributed by atoms with E-state index in [1.807, 2.05) is 17.8 Å². The lowest BCUT2D eigenvalue weighted by Gasteiger charge is -2.14. The fourth-order valence-corrected chi connectivity index (χ4v) is 4.22. The Kier molecular flexibility index (Phi) is 3.59. The van der Waals surface area contributed by atoms with Crippen LogP contribution in [0.3, 0.4) is 0 Å². The number of benzene rings is 1. The van der Waals surface area contributed by atoms with Gasteiger partial charge in [0.2, 0.25) is 0 Å². The number of anilines is 1. The average Bonchev–Trinajstić information content (AvgIpc) is 3.01. The summed E-state index contributed by atoms with van der Waals surface area (Å²) in [6, 6.07) is 8.37. The fourth-order valence-electron chi connectivity index (χ4n) is 2.27. The van der Waals surface area contributed by atoms with E-state index in [0.717, 1.165) is 18.8 Å². The summed E-state index contributed by atoms with van der Waals surface area (Å²) in [6.45, 7) is 2.23. The van der Waals surface area contributed by atoms with Crippen LogP contribution in [0.5, 0.6) is 0 Å². The summed E-state index contributed by atoms with van der Waals surface area (Å²) >= 11 is 3.67. The van der Waals surface area contributed by atoms with Gasteiger partial charge in [0.05, 0.1) is 0 Å². The van der Waals surface area contributed by atoms with Crippen LogP contribution in [0.2, 0.25) is 0 Å². The van der Waals surface area contributed by atoms with Gasteiger partial charge in [-0.1, -0.05) is 6.07 Å². The van der Waals surface area contributed by atoms with Crippen molar-refractivity contribution < 1.29 is 0 Å². The van der Waals surface area contributed by atoms with Gasteiger partial charge in [-0.25, -0.2) is 0 Å². The van der Waals surface area contributed by atoms with Crippen LogP contribution in [0.1, 0.15) is 6.42 Å². The highest BCUT2D eigenvalue weighted by Gasteiger charge is 2.18. The number of nitrogens with two attached hydrogens (primary N) is 1. The van der Waals surface area contributed by atoms with Gasteiger partial charge in [0.1, 0.15) is 0 Å². The van der Waals surface area contributed by atoms with E-state index in [2.05, 4.69) is 34.3 Å². The van der Waals surface area contributed by atoms with Crippen LogP contribution in [-0.4, -0.2) is 18.3 Å². The van der Waals surface area contributed by atoms with Crippen molar-refractivity contribution in [3.05, 3.63) is 35.0 Å². The third kappa shape index (κ3) is 2.41. The third-order valence-electron chi connectivity index (χ3n) is 3.18. The van der Waals surface area contributed by atoms with Gasteiger partial charge in [-0.05, 0) is 47.5 Å². The van der Waals surface area contributed by atoms with Crippen LogP contribution in [0, 0.1) is 0 Å². The lowest BCUT2D eigenvalue weighted by molar-refractivity contribution is 0.858. The molecule has 3 N–H and O–H groups in total. The van der Waals surface area contributed by atoms with Crippen molar-refractivity contribution in [1.29, 1.82) is 0 Å². The predicted molar refractivity (Wildman–Crippen MR) is 81.3 cm³/mol. The molecule has 1 aromatic heterocycles. The van der Waals surface area contributed by atoms with Gasteiger partial charge in [0.25, 0.3) is 0 Å². The molecule has 4 heteroatoms. The van der Waals surface area contributed by atoms with Crippen LogP contribution in [0.4, 0.5) is 5.69 Å². The number of nitrogens with one attached hydrogen (secondary N) is 1. The maximum atomic E-state index is 6.16. The predicted octanol–water partition coefficient (Wildman–Crippen LogP) is 3.45. The molecule has 1 saturated heterocycles. The van der Waals surface area contributed by atoms with Crippen molar-refractivity contribution >= 4 is 28.8 Å². The highest BCUT2D eigenvalue weighted by molar-refractivity contribution is 8.00. The largest absolute Gasteiger partial charge is 0.398 e. The van der Waals surface area contributed by atoms with E-state index in [4.69, 9.17) is 5.73 Å². The number of rotatable bonds is 3. The van der Waals surface area contributed by atoms with Gasteiger partial charge in [0, 0.05) is 27.9 Å². The normalized spacial score (nSPS) is 19.2. The number of thioether (sulfide) groups is 1. The summed E-state index contributed by atoms with van der Waals surface area (Å²) in [6.07, 6.45) is 1.24. The Balaban J connectivity index is 1.95. The summed E-state index contributed by atoms with van der Waals surface area (Å²) in [4.78, 5) is 1.31. The zero-order valence-corrected chi connectivity index (χ0v) is 11.7. The second-order valence-electron chi connectivity index (χ2n) is 4.47. The lowest BCUT2D eigenvalue weighted by atomic mass is 10.1. The second kappa shape index (κ2) is 5.34. The van der Waals surface area contributed by atoms with E-state index in [9.17, 15) is 0 Å². The van der Waals surface area contributed by atoms with Crippen LogP contribution >= 0.6 is 23.1 Å². The van der Waals surface area contributed by atoms with Crippen molar-refractivity contribution in [2.45, 2.75) is 16.6 Å². The van der Waals surface area contributed by atoms with Crippen LogP contribution < -0.4 is 11.1 Å².